The average molecular weight is 576 g/mol. The van der Waals surface area contributed by atoms with E-state index in [2.05, 4.69) is 34.1 Å². The third-order valence-corrected chi connectivity index (χ3v) is 8.50. The molecule has 0 aliphatic carbocycles. The molecule has 1 amide bonds. The predicted octanol–water partition coefficient (Wildman–Crippen LogP) is 4.71. The Bertz CT molecular complexity index is 1440. The van der Waals surface area contributed by atoms with Gasteiger partial charge in [-0.3, -0.25) is 4.68 Å². The van der Waals surface area contributed by atoms with Gasteiger partial charge in [0.2, 0.25) is 0 Å². The monoisotopic (exact) mass is 575 g/mol. The van der Waals surface area contributed by atoms with Gasteiger partial charge in [-0.2, -0.15) is 5.10 Å². The SMILES string of the molecule is COCOc1cc(-c2cnn(C)c2)ccc1-c1cc2c(nn1)N([C@@H]1C[C@H]3CC[C@@H](C1)N3C(=O)OC(C)(C)C)CCN2C. The van der Waals surface area contributed by atoms with Gasteiger partial charge in [-0.25, -0.2) is 4.79 Å². The Morgan fingerprint density at radius 1 is 1.00 bits per heavy atom. The van der Waals surface area contributed by atoms with Crippen LogP contribution in [0.3, 0.4) is 0 Å². The van der Waals surface area contributed by atoms with Crippen molar-refractivity contribution >= 4 is 17.6 Å². The maximum absolute atomic E-state index is 13.0. The van der Waals surface area contributed by atoms with Crippen LogP contribution in [0.15, 0.2) is 36.7 Å². The van der Waals surface area contributed by atoms with Gasteiger partial charge in [0.05, 0.1) is 17.6 Å². The van der Waals surface area contributed by atoms with Crippen molar-refractivity contribution in [2.75, 3.05) is 43.8 Å². The Kier molecular flexibility index (Phi) is 7.46. The molecule has 3 aliphatic rings. The van der Waals surface area contributed by atoms with Crippen LogP contribution < -0.4 is 14.5 Å². The molecule has 3 atom stereocenters. The van der Waals surface area contributed by atoms with Crippen molar-refractivity contribution in [2.45, 2.75) is 70.2 Å². The zero-order valence-corrected chi connectivity index (χ0v) is 25.4. The zero-order chi connectivity index (χ0) is 29.6. The molecule has 224 valence electrons. The first-order valence-electron chi connectivity index (χ1n) is 14.7. The van der Waals surface area contributed by atoms with Gasteiger partial charge in [0.25, 0.3) is 0 Å². The number of carbonyl (C=O) groups excluding carboxylic acids is 1. The fraction of sp³-hybridized carbons (Fsp3) is 0.548. The van der Waals surface area contributed by atoms with Crippen LogP contribution in [0, 0.1) is 0 Å². The number of aryl methyl sites for hydroxylation is 1. The lowest BCUT2D eigenvalue weighted by molar-refractivity contribution is 0.00580. The van der Waals surface area contributed by atoms with Crippen LogP contribution in [0.1, 0.15) is 46.5 Å². The van der Waals surface area contributed by atoms with Crippen molar-refractivity contribution in [3.05, 3.63) is 36.7 Å². The molecule has 3 aliphatic heterocycles. The summed E-state index contributed by atoms with van der Waals surface area (Å²) in [6.07, 6.45) is 7.48. The number of hydrogen-bond donors (Lipinski definition) is 0. The maximum atomic E-state index is 13.0. The number of amides is 1. The highest BCUT2D eigenvalue weighted by Crippen LogP contribution is 2.43. The number of nitrogens with zero attached hydrogens (tertiary/aromatic N) is 7. The molecular weight excluding hydrogens is 534 g/mol. The Morgan fingerprint density at radius 2 is 1.76 bits per heavy atom. The van der Waals surface area contributed by atoms with Crippen LogP contribution in [0.2, 0.25) is 0 Å². The topological polar surface area (TPSA) is 98.1 Å². The number of anilines is 2. The number of hydrogen-bond acceptors (Lipinski definition) is 9. The van der Waals surface area contributed by atoms with Crippen LogP contribution in [0.5, 0.6) is 5.75 Å². The minimum absolute atomic E-state index is 0.125. The van der Waals surface area contributed by atoms with E-state index in [0.29, 0.717) is 11.8 Å². The first-order chi connectivity index (χ1) is 20.1. The van der Waals surface area contributed by atoms with E-state index in [1.807, 2.05) is 57.2 Å². The fourth-order valence-electron chi connectivity index (χ4n) is 6.57. The van der Waals surface area contributed by atoms with Gasteiger partial charge >= 0.3 is 6.09 Å². The molecule has 0 saturated carbocycles. The molecule has 0 spiro atoms. The zero-order valence-electron chi connectivity index (χ0n) is 25.4. The molecule has 2 saturated heterocycles. The molecule has 0 radical (unpaired) electrons. The third-order valence-electron chi connectivity index (χ3n) is 8.50. The third kappa shape index (κ3) is 5.49. The largest absolute Gasteiger partial charge is 0.467 e. The number of ether oxygens (including phenoxy) is 3. The Hall–Kier alpha value is -3.86. The van der Waals surface area contributed by atoms with E-state index in [-0.39, 0.29) is 25.0 Å². The van der Waals surface area contributed by atoms with Gasteiger partial charge in [0.15, 0.2) is 12.6 Å². The highest BCUT2D eigenvalue weighted by atomic mass is 16.7. The van der Waals surface area contributed by atoms with Crippen molar-refractivity contribution in [3.63, 3.8) is 0 Å². The second kappa shape index (κ2) is 11.1. The van der Waals surface area contributed by atoms with Gasteiger partial charge in [-0.05, 0) is 70.2 Å². The van der Waals surface area contributed by atoms with E-state index in [0.717, 1.165) is 72.7 Å². The lowest BCUT2D eigenvalue weighted by Crippen LogP contribution is -2.55. The van der Waals surface area contributed by atoms with E-state index in [9.17, 15) is 4.79 Å². The normalized spacial score (nSPS) is 21.9. The predicted molar refractivity (Wildman–Crippen MR) is 161 cm³/mol. The van der Waals surface area contributed by atoms with Crippen molar-refractivity contribution in [3.8, 4) is 28.1 Å². The lowest BCUT2D eigenvalue weighted by atomic mass is 9.95. The standard InChI is InChI=1S/C31H41N7O4/c1-31(2,3)42-30(39)38-22-8-9-23(38)15-24(14-22)37-12-11-35(4)27-16-26(33-34-29(27)37)25-10-7-20(13-28(25)41-19-40-6)21-17-32-36(5)18-21/h7,10,13,16-18,22-24H,8-9,11-12,14-15,19H2,1-6H3/t22-,23+,24-. The molecule has 3 aromatic rings. The summed E-state index contributed by atoms with van der Waals surface area (Å²) in [6.45, 7) is 7.66. The number of piperidine rings is 1. The van der Waals surface area contributed by atoms with E-state index in [1.165, 1.54) is 0 Å². The number of carbonyl (C=O) groups is 1. The molecule has 2 bridgehead atoms. The van der Waals surface area contributed by atoms with Crippen LogP contribution >= 0.6 is 0 Å². The van der Waals surface area contributed by atoms with Crippen molar-refractivity contribution in [2.24, 2.45) is 7.05 Å². The number of methoxy groups -OCH3 is 1. The molecule has 0 unspecified atom stereocenters. The average Bonchev–Trinajstić information content (AvgIpc) is 3.51. The summed E-state index contributed by atoms with van der Waals surface area (Å²) >= 11 is 0. The van der Waals surface area contributed by atoms with Gasteiger partial charge in [0.1, 0.15) is 11.4 Å². The molecule has 42 heavy (non-hydrogen) atoms. The minimum atomic E-state index is -0.495. The first-order valence-corrected chi connectivity index (χ1v) is 14.7. The molecular formula is C31H41N7O4. The van der Waals surface area contributed by atoms with Crippen LogP contribution in [0.25, 0.3) is 22.4 Å². The quantitative estimate of drug-likeness (QED) is 0.387. The summed E-state index contributed by atoms with van der Waals surface area (Å²) in [7, 11) is 5.61. The number of likely N-dealkylation sites (N-methyl/N-ethyl adjacent to an activating group) is 1. The molecule has 5 heterocycles. The van der Waals surface area contributed by atoms with Gasteiger partial charge in [0, 0.05) is 69.7 Å². The van der Waals surface area contributed by atoms with Crippen molar-refractivity contribution < 1.29 is 19.0 Å². The molecule has 11 nitrogen and oxygen atoms in total. The van der Waals surface area contributed by atoms with E-state index in [1.54, 1.807) is 11.8 Å². The van der Waals surface area contributed by atoms with Crippen LogP contribution in [-0.4, -0.2) is 88.7 Å². The molecule has 2 fully saturated rings. The number of benzene rings is 1. The number of rotatable bonds is 6. The summed E-state index contributed by atoms with van der Waals surface area (Å²) in [4.78, 5) is 19.7. The minimum Gasteiger partial charge on any atom is -0.467 e. The highest BCUT2D eigenvalue weighted by Gasteiger charge is 2.47. The molecule has 6 rings (SSSR count). The lowest BCUT2D eigenvalue weighted by Gasteiger charge is -2.46. The second-order valence-corrected chi connectivity index (χ2v) is 12.6. The van der Waals surface area contributed by atoms with Crippen molar-refractivity contribution in [1.82, 2.24) is 24.9 Å². The van der Waals surface area contributed by atoms with Crippen LogP contribution in [-0.2, 0) is 16.5 Å². The summed E-state index contributed by atoms with van der Waals surface area (Å²) in [6, 6.07) is 8.86. The Balaban J connectivity index is 1.27. The van der Waals surface area contributed by atoms with E-state index in [4.69, 9.17) is 24.4 Å². The van der Waals surface area contributed by atoms with Gasteiger partial charge < -0.3 is 28.9 Å². The molecule has 11 heteroatoms. The molecule has 2 aromatic heterocycles. The van der Waals surface area contributed by atoms with E-state index < -0.39 is 5.60 Å². The fourth-order valence-corrected chi connectivity index (χ4v) is 6.57. The first kappa shape index (κ1) is 28.3. The number of fused-ring (bicyclic) bond motifs is 3. The summed E-state index contributed by atoms with van der Waals surface area (Å²) in [5, 5.41) is 13.8. The Labute approximate surface area is 247 Å². The summed E-state index contributed by atoms with van der Waals surface area (Å²) in [5.74, 6) is 1.57. The second-order valence-electron chi connectivity index (χ2n) is 12.6. The number of aromatic nitrogens is 4. The van der Waals surface area contributed by atoms with Gasteiger partial charge in [-0.1, -0.05) is 6.07 Å². The smallest absolute Gasteiger partial charge is 0.410 e. The molecule has 0 N–H and O–H groups in total. The maximum Gasteiger partial charge on any atom is 0.410 e. The highest BCUT2D eigenvalue weighted by molar-refractivity contribution is 5.79. The molecule has 1 aromatic carbocycles. The Morgan fingerprint density at radius 3 is 2.43 bits per heavy atom. The van der Waals surface area contributed by atoms with E-state index >= 15 is 0 Å². The van der Waals surface area contributed by atoms with Crippen LogP contribution in [0.4, 0.5) is 16.3 Å². The van der Waals surface area contributed by atoms with Crippen molar-refractivity contribution in [1.29, 1.82) is 0 Å². The summed E-state index contributed by atoms with van der Waals surface area (Å²) in [5.41, 5.74) is 4.15. The summed E-state index contributed by atoms with van der Waals surface area (Å²) < 4.78 is 18.8. The van der Waals surface area contributed by atoms with Gasteiger partial charge in [-0.15, -0.1) is 10.2 Å².